The number of benzene rings is 2. The summed E-state index contributed by atoms with van der Waals surface area (Å²) in [5, 5.41) is 1.16. The van der Waals surface area contributed by atoms with Crippen LogP contribution in [0.3, 0.4) is 0 Å². The molecule has 3 aromatic rings. The van der Waals surface area contributed by atoms with Gasteiger partial charge in [-0.2, -0.15) is 0 Å². The van der Waals surface area contributed by atoms with Crippen LogP contribution in [-0.2, 0) is 13.0 Å². The van der Waals surface area contributed by atoms with E-state index in [0.29, 0.717) is 13.1 Å². The molecule has 0 atom stereocenters. The summed E-state index contributed by atoms with van der Waals surface area (Å²) < 4.78 is 0. The second-order valence-electron chi connectivity index (χ2n) is 10.1. The van der Waals surface area contributed by atoms with Crippen molar-refractivity contribution in [3.05, 3.63) is 71.4 Å². The molecule has 0 unspecified atom stereocenters. The number of piperidine rings is 2. The molecule has 0 spiro atoms. The van der Waals surface area contributed by atoms with Crippen molar-refractivity contribution < 1.29 is 4.79 Å². The van der Waals surface area contributed by atoms with Crippen molar-refractivity contribution in [1.82, 2.24) is 14.8 Å². The Morgan fingerprint density at radius 1 is 0.853 bits per heavy atom. The summed E-state index contributed by atoms with van der Waals surface area (Å²) in [5.41, 5.74) is 5.32. The van der Waals surface area contributed by atoms with Crippen LogP contribution in [0.5, 0.6) is 0 Å². The zero-order chi connectivity index (χ0) is 22.9. The molecular formula is C29H34N4O. The number of fused-ring (bicyclic) bond motifs is 2. The molecule has 1 amide bonds. The highest BCUT2D eigenvalue weighted by atomic mass is 16.2. The third kappa shape index (κ3) is 4.18. The molecule has 0 N–H and O–H groups in total. The van der Waals surface area contributed by atoms with Crippen molar-refractivity contribution in [2.24, 2.45) is 0 Å². The third-order valence-corrected chi connectivity index (χ3v) is 8.00. The van der Waals surface area contributed by atoms with E-state index < -0.39 is 0 Å². The zero-order valence-electron chi connectivity index (χ0n) is 20.0. The second-order valence-corrected chi connectivity index (χ2v) is 10.1. The van der Waals surface area contributed by atoms with Gasteiger partial charge in [0.25, 0.3) is 5.91 Å². The Bertz CT molecular complexity index is 1180. The van der Waals surface area contributed by atoms with Gasteiger partial charge in [0.2, 0.25) is 0 Å². The smallest absolute Gasteiger partial charge is 0.256 e. The number of anilines is 1. The summed E-state index contributed by atoms with van der Waals surface area (Å²) >= 11 is 0. The standard InChI is InChI=1S/C29H34N4O/c34-29-28-23(21-33(29)18-13-24-12-11-22-7-2-3-9-26(22)30-24)8-6-10-27(28)32-19-14-25(15-20-32)31-16-4-1-5-17-31/h2-3,6-12,25H,1,4-5,13-21H2. The van der Waals surface area contributed by atoms with Crippen LogP contribution >= 0.6 is 0 Å². The molecule has 2 aromatic carbocycles. The van der Waals surface area contributed by atoms with Crippen LogP contribution in [0.4, 0.5) is 5.69 Å². The Kier molecular flexibility index (Phi) is 5.96. The van der Waals surface area contributed by atoms with E-state index in [2.05, 4.69) is 52.3 Å². The first kappa shape index (κ1) is 21.6. The lowest BCUT2D eigenvalue weighted by molar-refractivity contribution is 0.0780. The van der Waals surface area contributed by atoms with Gasteiger partial charge >= 0.3 is 0 Å². The van der Waals surface area contributed by atoms with Gasteiger partial charge in [-0.05, 0) is 62.5 Å². The number of carbonyl (C=O) groups excluding carboxylic acids is 1. The Morgan fingerprint density at radius 3 is 2.53 bits per heavy atom. The number of hydrogen-bond acceptors (Lipinski definition) is 4. The quantitative estimate of drug-likeness (QED) is 0.550. The minimum atomic E-state index is 0.185. The number of rotatable bonds is 5. The molecule has 0 bridgehead atoms. The number of para-hydroxylation sites is 1. The summed E-state index contributed by atoms with van der Waals surface area (Å²) in [6, 6.07) is 19.6. The summed E-state index contributed by atoms with van der Waals surface area (Å²) in [7, 11) is 0. The van der Waals surface area contributed by atoms with Gasteiger partial charge in [0.1, 0.15) is 0 Å². The number of aromatic nitrogens is 1. The van der Waals surface area contributed by atoms with Gasteiger partial charge in [-0.1, -0.05) is 42.8 Å². The van der Waals surface area contributed by atoms with E-state index in [1.165, 1.54) is 50.8 Å². The van der Waals surface area contributed by atoms with Gasteiger partial charge in [-0.3, -0.25) is 9.78 Å². The normalized spacial score (nSPS) is 19.7. The summed E-state index contributed by atoms with van der Waals surface area (Å²) in [4.78, 5) is 25.5. The first-order valence-corrected chi connectivity index (χ1v) is 13.0. The predicted molar refractivity (Wildman–Crippen MR) is 137 cm³/mol. The molecule has 34 heavy (non-hydrogen) atoms. The molecule has 2 fully saturated rings. The van der Waals surface area contributed by atoms with Crippen molar-refractivity contribution in [2.45, 2.75) is 51.1 Å². The summed E-state index contributed by atoms with van der Waals surface area (Å²) in [5.74, 6) is 0.185. The Hall–Kier alpha value is -2.92. The van der Waals surface area contributed by atoms with Gasteiger partial charge in [0.15, 0.2) is 0 Å². The third-order valence-electron chi connectivity index (χ3n) is 8.00. The van der Waals surface area contributed by atoms with E-state index in [1.54, 1.807) is 0 Å². The van der Waals surface area contributed by atoms with Crippen LogP contribution in [-0.4, -0.2) is 59.5 Å². The topological polar surface area (TPSA) is 39.7 Å². The molecule has 4 heterocycles. The van der Waals surface area contributed by atoms with Crippen LogP contribution in [0.2, 0.25) is 0 Å². The molecule has 1 aromatic heterocycles. The fraction of sp³-hybridized carbons (Fsp3) is 0.448. The molecule has 0 radical (unpaired) electrons. The van der Waals surface area contributed by atoms with Crippen molar-refractivity contribution >= 4 is 22.5 Å². The lowest BCUT2D eigenvalue weighted by Crippen LogP contribution is -2.47. The highest BCUT2D eigenvalue weighted by Crippen LogP contribution is 2.34. The fourth-order valence-corrected chi connectivity index (χ4v) is 6.10. The molecular weight excluding hydrogens is 420 g/mol. The number of carbonyl (C=O) groups is 1. The van der Waals surface area contributed by atoms with Crippen LogP contribution in [0, 0.1) is 0 Å². The minimum absolute atomic E-state index is 0.185. The van der Waals surface area contributed by atoms with Crippen molar-refractivity contribution in [2.75, 3.05) is 37.6 Å². The highest BCUT2D eigenvalue weighted by Gasteiger charge is 2.33. The minimum Gasteiger partial charge on any atom is -0.371 e. The Labute approximate surface area is 202 Å². The SMILES string of the molecule is O=C1c2c(cccc2N2CCC(N3CCCCC3)CC2)CN1CCc1ccc2ccccc2n1. The Morgan fingerprint density at radius 2 is 1.68 bits per heavy atom. The van der Waals surface area contributed by atoms with Gasteiger partial charge in [0, 0.05) is 55.4 Å². The first-order chi connectivity index (χ1) is 16.8. The molecule has 0 aliphatic carbocycles. The first-order valence-electron chi connectivity index (χ1n) is 13.0. The second kappa shape index (κ2) is 9.38. The maximum atomic E-state index is 13.5. The van der Waals surface area contributed by atoms with Crippen molar-refractivity contribution in [1.29, 1.82) is 0 Å². The molecule has 3 aliphatic rings. The average molecular weight is 455 g/mol. The van der Waals surface area contributed by atoms with Crippen molar-refractivity contribution in [3.8, 4) is 0 Å². The summed E-state index contributed by atoms with van der Waals surface area (Å²) in [6.45, 7) is 6.04. The number of amides is 1. The molecule has 176 valence electrons. The number of likely N-dealkylation sites (tertiary alicyclic amines) is 1. The van der Waals surface area contributed by atoms with E-state index in [-0.39, 0.29) is 5.91 Å². The largest absolute Gasteiger partial charge is 0.371 e. The van der Waals surface area contributed by atoms with Crippen LogP contribution in [0.25, 0.3) is 10.9 Å². The maximum Gasteiger partial charge on any atom is 0.256 e. The van der Waals surface area contributed by atoms with E-state index in [0.717, 1.165) is 53.4 Å². The molecule has 0 saturated carbocycles. The lowest BCUT2D eigenvalue weighted by Gasteiger charge is -2.41. The molecule has 5 heteroatoms. The number of pyridine rings is 1. The molecule has 6 rings (SSSR count). The maximum absolute atomic E-state index is 13.5. The summed E-state index contributed by atoms with van der Waals surface area (Å²) in [6.07, 6.45) is 7.28. The average Bonchev–Trinajstić information content (AvgIpc) is 3.23. The van der Waals surface area contributed by atoms with E-state index in [9.17, 15) is 4.79 Å². The van der Waals surface area contributed by atoms with E-state index >= 15 is 0 Å². The zero-order valence-corrected chi connectivity index (χ0v) is 20.0. The van der Waals surface area contributed by atoms with Gasteiger partial charge < -0.3 is 14.7 Å². The number of hydrogen-bond donors (Lipinski definition) is 0. The van der Waals surface area contributed by atoms with E-state index in [1.807, 2.05) is 17.0 Å². The van der Waals surface area contributed by atoms with Crippen LogP contribution in [0.15, 0.2) is 54.6 Å². The van der Waals surface area contributed by atoms with Gasteiger partial charge in [-0.15, -0.1) is 0 Å². The number of nitrogens with zero attached hydrogens (tertiary/aromatic N) is 4. The Balaban J connectivity index is 1.12. The van der Waals surface area contributed by atoms with E-state index in [4.69, 9.17) is 4.98 Å². The highest BCUT2D eigenvalue weighted by molar-refractivity contribution is 6.03. The molecule has 5 nitrogen and oxygen atoms in total. The van der Waals surface area contributed by atoms with Crippen LogP contribution < -0.4 is 4.90 Å². The molecule has 2 saturated heterocycles. The lowest BCUT2D eigenvalue weighted by atomic mass is 9.98. The van der Waals surface area contributed by atoms with Gasteiger partial charge in [0.05, 0.1) is 11.1 Å². The predicted octanol–water partition coefficient (Wildman–Crippen LogP) is 4.89. The fourth-order valence-electron chi connectivity index (χ4n) is 6.10. The van der Waals surface area contributed by atoms with Gasteiger partial charge in [-0.25, -0.2) is 0 Å². The molecule has 3 aliphatic heterocycles. The monoisotopic (exact) mass is 454 g/mol. The van der Waals surface area contributed by atoms with Crippen molar-refractivity contribution in [3.63, 3.8) is 0 Å². The van der Waals surface area contributed by atoms with Crippen LogP contribution in [0.1, 0.15) is 53.7 Å².